The molecule has 29 heavy (non-hydrogen) atoms. The van der Waals surface area contributed by atoms with Crippen molar-refractivity contribution in [1.29, 1.82) is 0 Å². The summed E-state index contributed by atoms with van der Waals surface area (Å²) < 4.78 is 0. The molecule has 0 spiro atoms. The smallest absolute Gasteiger partial charge is 0.255 e. The number of rotatable bonds is 5. The van der Waals surface area contributed by atoms with Crippen molar-refractivity contribution >= 4 is 11.9 Å². The van der Waals surface area contributed by atoms with Crippen LogP contribution in [0.3, 0.4) is 0 Å². The molecule has 0 bridgehead atoms. The number of pyridine rings is 1. The summed E-state index contributed by atoms with van der Waals surface area (Å²) in [4.78, 5) is 28.5. The van der Waals surface area contributed by atoms with Crippen molar-refractivity contribution in [2.24, 2.45) is 0 Å². The highest BCUT2D eigenvalue weighted by molar-refractivity contribution is 5.95. The number of carbonyl (C=O) groups is 1. The minimum absolute atomic E-state index is 0.180. The van der Waals surface area contributed by atoms with E-state index in [2.05, 4.69) is 38.2 Å². The maximum absolute atomic E-state index is 13.1. The van der Waals surface area contributed by atoms with Gasteiger partial charge in [-0.25, -0.2) is 9.97 Å². The molecule has 1 aliphatic rings. The number of anilines is 1. The summed E-state index contributed by atoms with van der Waals surface area (Å²) in [6.45, 7) is 5.87. The first-order chi connectivity index (χ1) is 14.1. The van der Waals surface area contributed by atoms with Gasteiger partial charge in [-0.15, -0.1) is 0 Å². The molecular weight excluding hydrogens is 362 g/mol. The summed E-state index contributed by atoms with van der Waals surface area (Å²) >= 11 is 0. The SMILES string of the molecule is Cc1ccccc1[C@H](NC(=O)c1cnc(N2CCCC2)nc1C)c1ccncc1. The Labute approximate surface area is 171 Å². The van der Waals surface area contributed by atoms with Crippen molar-refractivity contribution in [2.75, 3.05) is 18.0 Å². The Hall–Kier alpha value is -3.28. The molecule has 0 unspecified atom stereocenters. The Kier molecular flexibility index (Phi) is 5.51. The average molecular weight is 387 g/mol. The summed E-state index contributed by atoms with van der Waals surface area (Å²) in [5.41, 5.74) is 4.35. The topological polar surface area (TPSA) is 71.0 Å². The molecule has 1 atom stereocenters. The van der Waals surface area contributed by atoms with Gasteiger partial charge in [0.15, 0.2) is 0 Å². The third kappa shape index (κ3) is 4.11. The van der Waals surface area contributed by atoms with E-state index in [9.17, 15) is 4.79 Å². The normalized spacial score (nSPS) is 14.6. The minimum Gasteiger partial charge on any atom is -0.341 e. The van der Waals surface area contributed by atoms with Gasteiger partial charge in [0.05, 0.1) is 17.3 Å². The first-order valence-corrected chi connectivity index (χ1v) is 9.98. The van der Waals surface area contributed by atoms with Gasteiger partial charge < -0.3 is 10.2 Å². The quantitative estimate of drug-likeness (QED) is 0.724. The number of aryl methyl sites for hydroxylation is 2. The number of hydrogen-bond acceptors (Lipinski definition) is 5. The maximum Gasteiger partial charge on any atom is 0.255 e. The molecule has 2 aromatic heterocycles. The second kappa shape index (κ2) is 8.39. The lowest BCUT2D eigenvalue weighted by Crippen LogP contribution is -2.31. The zero-order valence-electron chi connectivity index (χ0n) is 16.8. The van der Waals surface area contributed by atoms with Gasteiger partial charge >= 0.3 is 0 Å². The number of carbonyl (C=O) groups excluding carboxylic acids is 1. The van der Waals surface area contributed by atoms with Crippen LogP contribution in [0.1, 0.15) is 51.6 Å². The van der Waals surface area contributed by atoms with E-state index in [4.69, 9.17) is 0 Å². The van der Waals surface area contributed by atoms with Gasteiger partial charge in [-0.3, -0.25) is 9.78 Å². The first kappa shape index (κ1) is 19.1. The highest BCUT2D eigenvalue weighted by Crippen LogP contribution is 2.25. The Bertz CT molecular complexity index is 999. The molecule has 1 aliphatic heterocycles. The van der Waals surface area contributed by atoms with E-state index in [0.717, 1.165) is 42.6 Å². The summed E-state index contributed by atoms with van der Waals surface area (Å²) in [5, 5.41) is 3.18. The average Bonchev–Trinajstić information content (AvgIpc) is 3.28. The Balaban J connectivity index is 1.62. The Morgan fingerprint density at radius 3 is 2.48 bits per heavy atom. The van der Waals surface area contributed by atoms with Crippen molar-refractivity contribution in [3.63, 3.8) is 0 Å². The number of amides is 1. The highest BCUT2D eigenvalue weighted by Gasteiger charge is 2.22. The van der Waals surface area contributed by atoms with Crippen LogP contribution in [-0.2, 0) is 0 Å². The van der Waals surface area contributed by atoms with Gasteiger partial charge in [-0.1, -0.05) is 24.3 Å². The van der Waals surface area contributed by atoms with Gasteiger partial charge in [-0.2, -0.15) is 0 Å². The summed E-state index contributed by atoms with van der Waals surface area (Å²) in [6, 6.07) is 11.7. The molecule has 1 saturated heterocycles. The van der Waals surface area contributed by atoms with Gasteiger partial charge in [0.2, 0.25) is 5.95 Å². The predicted molar refractivity (Wildman–Crippen MR) is 113 cm³/mol. The molecule has 0 radical (unpaired) electrons. The zero-order valence-corrected chi connectivity index (χ0v) is 16.8. The lowest BCUT2D eigenvalue weighted by molar-refractivity contribution is 0.0941. The van der Waals surface area contributed by atoms with E-state index >= 15 is 0 Å². The van der Waals surface area contributed by atoms with Crippen molar-refractivity contribution < 1.29 is 4.79 Å². The number of aromatic nitrogens is 3. The van der Waals surface area contributed by atoms with E-state index in [1.54, 1.807) is 18.6 Å². The van der Waals surface area contributed by atoms with Crippen LogP contribution >= 0.6 is 0 Å². The fraction of sp³-hybridized carbons (Fsp3) is 0.304. The molecule has 1 amide bonds. The number of benzene rings is 1. The van der Waals surface area contributed by atoms with Crippen LogP contribution < -0.4 is 10.2 Å². The van der Waals surface area contributed by atoms with Crippen LogP contribution in [-0.4, -0.2) is 33.9 Å². The molecule has 1 N–H and O–H groups in total. The summed E-state index contributed by atoms with van der Waals surface area (Å²) in [7, 11) is 0. The molecular formula is C23H25N5O. The Morgan fingerprint density at radius 1 is 1.07 bits per heavy atom. The third-order valence-corrected chi connectivity index (χ3v) is 5.41. The van der Waals surface area contributed by atoms with E-state index in [1.165, 1.54) is 0 Å². The molecule has 3 aromatic rings. The van der Waals surface area contributed by atoms with E-state index in [1.807, 2.05) is 37.3 Å². The highest BCUT2D eigenvalue weighted by atomic mass is 16.1. The fourth-order valence-electron chi connectivity index (χ4n) is 3.76. The van der Waals surface area contributed by atoms with Gasteiger partial charge in [-0.05, 0) is 55.5 Å². The van der Waals surface area contributed by atoms with Crippen LogP contribution in [0.4, 0.5) is 5.95 Å². The molecule has 6 nitrogen and oxygen atoms in total. The van der Waals surface area contributed by atoms with Crippen LogP contribution in [0.25, 0.3) is 0 Å². The number of hydrogen-bond donors (Lipinski definition) is 1. The predicted octanol–water partition coefficient (Wildman–Crippen LogP) is 3.61. The number of nitrogens with zero attached hydrogens (tertiary/aromatic N) is 4. The van der Waals surface area contributed by atoms with Crippen LogP contribution in [0.15, 0.2) is 55.0 Å². The van der Waals surface area contributed by atoms with Crippen molar-refractivity contribution in [2.45, 2.75) is 32.7 Å². The van der Waals surface area contributed by atoms with Crippen molar-refractivity contribution in [1.82, 2.24) is 20.3 Å². The van der Waals surface area contributed by atoms with Gasteiger partial charge in [0, 0.05) is 31.7 Å². The van der Waals surface area contributed by atoms with Gasteiger partial charge in [0.25, 0.3) is 5.91 Å². The molecule has 4 rings (SSSR count). The molecule has 1 aromatic carbocycles. The monoisotopic (exact) mass is 387 g/mol. The first-order valence-electron chi connectivity index (χ1n) is 9.98. The largest absolute Gasteiger partial charge is 0.341 e. The molecule has 1 fully saturated rings. The third-order valence-electron chi connectivity index (χ3n) is 5.41. The van der Waals surface area contributed by atoms with Crippen molar-refractivity contribution in [3.05, 3.63) is 82.9 Å². The summed E-state index contributed by atoms with van der Waals surface area (Å²) in [5.74, 6) is 0.529. The molecule has 0 saturated carbocycles. The van der Waals surface area contributed by atoms with Gasteiger partial charge in [0.1, 0.15) is 0 Å². The molecule has 148 valence electrons. The van der Waals surface area contributed by atoms with Crippen LogP contribution in [0, 0.1) is 13.8 Å². The zero-order chi connectivity index (χ0) is 20.2. The molecule has 3 heterocycles. The fourth-order valence-corrected chi connectivity index (χ4v) is 3.76. The number of nitrogens with one attached hydrogen (secondary N) is 1. The van der Waals surface area contributed by atoms with Crippen LogP contribution in [0.2, 0.25) is 0 Å². The maximum atomic E-state index is 13.1. The second-order valence-corrected chi connectivity index (χ2v) is 7.41. The van der Waals surface area contributed by atoms with E-state index in [0.29, 0.717) is 17.2 Å². The van der Waals surface area contributed by atoms with Crippen molar-refractivity contribution in [3.8, 4) is 0 Å². The van der Waals surface area contributed by atoms with E-state index in [-0.39, 0.29) is 11.9 Å². The standard InChI is InChI=1S/C23H25N5O/c1-16-7-3-4-8-19(16)21(18-9-11-24-12-10-18)27-22(29)20-15-25-23(26-17(20)2)28-13-5-6-14-28/h3-4,7-12,15,21H,5-6,13-14H2,1-2H3,(H,27,29)/t21-/m1/s1. The lowest BCUT2D eigenvalue weighted by atomic mass is 9.95. The summed E-state index contributed by atoms with van der Waals surface area (Å²) in [6.07, 6.45) is 7.45. The molecule has 6 heteroatoms. The van der Waals surface area contributed by atoms with Crippen LogP contribution in [0.5, 0.6) is 0 Å². The lowest BCUT2D eigenvalue weighted by Gasteiger charge is -2.22. The van der Waals surface area contributed by atoms with E-state index < -0.39 is 0 Å². The minimum atomic E-state index is -0.274. The molecule has 0 aliphatic carbocycles. The second-order valence-electron chi connectivity index (χ2n) is 7.41. The Morgan fingerprint density at radius 2 is 1.79 bits per heavy atom.